The maximum absolute atomic E-state index is 12.2. The van der Waals surface area contributed by atoms with Crippen LogP contribution in [0.1, 0.15) is 0 Å². The fraction of sp³-hybridized carbons (Fsp3) is 1.00. The summed E-state index contributed by atoms with van der Waals surface area (Å²) < 4.78 is 117. The van der Waals surface area contributed by atoms with E-state index in [1.165, 1.54) is 0 Å². The van der Waals surface area contributed by atoms with Crippen LogP contribution >= 0.6 is 0 Å². The Morgan fingerprint density at radius 3 is 1.25 bits per heavy atom. The number of alkyl halides is 9. The van der Waals surface area contributed by atoms with E-state index in [-0.39, 0.29) is 0 Å². The molecule has 0 aromatic heterocycles. The summed E-state index contributed by atoms with van der Waals surface area (Å²) in [5.74, 6) is -14.0. The lowest BCUT2D eigenvalue weighted by atomic mass is 10.1. The summed E-state index contributed by atoms with van der Waals surface area (Å²) >= 11 is -4.39. The number of hydrogen-bond acceptors (Lipinski definition) is 2. The Kier molecular flexibility index (Phi) is 3.75. The van der Waals surface area contributed by atoms with Gasteiger partial charge in [0.25, 0.3) is 0 Å². The predicted octanol–water partition coefficient (Wildman–Crippen LogP) is 2.03. The zero-order valence-electron chi connectivity index (χ0n) is 6.80. The molecule has 0 saturated heterocycles. The molecule has 16 heavy (non-hydrogen) atoms. The third-order valence-electron chi connectivity index (χ3n) is 1.37. The second-order valence-electron chi connectivity index (χ2n) is 2.46. The highest BCUT2D eigenvalue weighted by Crippen LogP contribution is 2.54. The fourth-order valence-electron chi connectivity index (χ4n) is 0.487. The van der Waals surface area contributed by atoms with Gasteiger partial charge in [-0.15, -0.1) is 13.9 Å². The van der Waals surface area contributed by atoms with Crippen molar-refractivity contribution in [1.82, 2.24) is 0 Å². The van der Waals surface area contributed by atoms with Gasteiger partial charge in [0, 0.05) is 0 Å². The highest BCUT2D eigenvalue weighted by Gasteiger charge is 2.86. The summed E-state index contributed by atoms with van der Waals surface area (Å²) in [5.41, 5.74) is 0. The molecule has 0 spiro atoms. The molecule has 0 aliphatic heterocycles. The van der Waals surface area contributed by atoms with Crippen LogP contribution in [-0.4, -0.2) is 27.8 Å². The van der Waals surface area contributed by atoms with E-state index in [0.717, 1.165) is 0 Å². The summed E-state index contributed by atoms with van der Waals surface area (Å²) in [6.45, 7) is 0. The maximum atomic E-state index is 12.2. The molecule has 2 N–H and O–H groups in total. The van der Waals surface area contributed by atoms with Gasteiger partial charge >= 0.3 is 23.3 Å². The molecular weight excluding hydrogens is 281 g/mol. The number of rotatable bonds is 3. The maximum Gasteiger partial charge on any atom is 0.497 e. The first kappa shape index (κ1) is 15.6. The largest absolute Gasteiger partial charge is 0.593 e. The third-order valence-corrected chi connectivity index (χ3v) is 2.13. The van der Waals surface area contributed by atoms with Crippen molar-refractivity contribution in [3.05, 3.63) is 0 Å². The quantitative estimate of drug-likeness (QED) is 0.636. The normalized spacial score (nSPS) is 17.4. The monoisotopic (exact) mass is 283 g/mol. The highest BCUT2D eigenvalue weighted by molar-refractivity contribution is 7.90. The number of hydrogen-bond donors (Lipinski definition) is 1. The van der Waals surface area contributed by atoms with Crippen LogP contribution < -0.4 is 5.14 Å². The predicted molar refractivity (Wildman–Crippen MR) is 33.2 cm³/mol. The van der Waals surface area contributed by atoms with E-state index in [1.54, 1.807) is 0 Å². The SMILES string of the molecule is N[S+]([O-])C(F)(F)C(F)(F)C(F)(F)C(F)(F)F. The molecule has 0 heterocycles. The molecule has 0 amide bonds. The Balaban J connectivity index is 5.53. The lowest BCUT2D eigenvalue weighted by Crippen LogP contribution is -2.64. The molecular formula is C4H2F9NOS. The van der Waals surface area contributed by atoms with Gasteiger partial charge in [0.1, 0.15) is 11.4 Å². The lowest BCUT2D eigenvalue weighted by molar-refractivity contribution is -0.382. The molecule has 0 aromatic rings. The smallest absolute Gasteiger partial charge is 0.497 e. The van der Waals surface area contributed by atoms with Crippen LogP contribution in [0.5, 0.6) is 0 Å². The minimum absolute atomic E-state index is 3.74. The highest BCUT2D eigenvalue weighted by atomic mass is 32.2. The van der Waals surface area contributed by atoms with E-state index < -0.39 is 34.6 Å². The first-order valence-corrected chi connectivity index (χ1v) is 4.27. The summed E-state index contributed by atoms with van der Waals surface area (Å²) in [6, 6.07) is 0. The Labute approximate surface area is 84.9 Å². The van der Waals surface area contributed by atoms with E-state index in [0.29, 0.717) is 0 Å². The molecule has 1 atom stereocenters. The van der Waals surface area contributed by atoms with Crippen LogP contribution in [0.2, 0.25) is 0 Å². The minimum atomic E-state index is -7.06. The van der Waals surface area contributed by atoms with Crippen LogP contribution in [0.25, 0.3) is 0 Å². The molecule has 0 bridgehead atoms. The van der Waals surface area contributed by atoms with Crippen molar-refractivity contribution in [3.8, 4) is 0 Å². The van der Waals surface area contributed by atoms with Crippen LogP contribution in [-0.2, 0) is 11.4 Å². The number of halogens is 9. The molecule has 0 radical (unpaired) electrons. The van der Waals surface area contributed by atoms with Crippen LogP contribution in [0, 0.1) is 0 Å². The van der Waals surface area contributed by atoms with Gasteiger partial charge in [-0.05, 0) is 0 Å². The van der Waals surface area contributed by atoms with Crippen molar-refractivity contribution >= 4 is 11.4 Å². The first-order valence-electron chi connectivity index (χ1n) is 3.06. The van der Waals surface area contributed by atoms with Gasteiger partial charge in [0.05, 0.1) is 0 Å². The van der Waals surface area contributed by atoms with Crippen molar-refractivity contribution in [1.29, 1.82) is 0 Å². The van der Waals surface area contributed by atoms with E-state index in [2.05, 4.69) is 5.14 Å². The molecule has 0 rings (SSSR count). The molecule has 2 nitrogen and oxygen atoms in total. The summed E-state index contributed by atoms with van der Waals surface area (Å²) in [7, 11) is 0. The van der Waals surface area contributed by atoms with Crippen molar-refractivity contribution < 1.29 is 44.1 Å². The van der Waals surface area contributed by atoms with Crippen molar-refractivity contribution in [3.63, 3.8) is 0 Å². The molecule has 1 unspecified atom stereocenters. The van der Waals surface area contributed by atoms with Gasteiger partial charge in [-0.1, -0.05) is 0 Å². The summed E-state index contributed by atoms with van der Waals surface area (Å²) in [6.07, 6.45) is -6.93. The van der Waals surface area contributed by atoms with Crippen LogP contribution in [0.3, 0.4) is 0 Å². The molecule has 12 heteroatoms. The Hall–Kier alpha value is -0.360. The van der Waals surface area contributed by atoms with E-state index in [9.17, 15) is 44.1 Å². The van der Waals surface area contributed by atoms with Gasteiger partial charge in [-0.25, -0.2) is 0 Å². The van der Waals surface area contributed by atoms with E-state index in [1.807, 2.05) is 0 Å². The fourth-order valence-corrected chi connectivity index (χ4v) is 0.868. The van der Waals surface area contributed by atoms with E-state index >= 15 is 0 Å². The van der Waals surface area contributed by atoms with Gasteiger partial charge in [0.2, 0.25) is 0 Å². The molecule has 98 valence electrons. The average molecular weight is 283 g/mol. The van der Waals surface area contributed by atoms with E-state index in [4.69, 9.17) is 0 Å². The second kappa shape index (κ2) is 3.84. The topological polar surface area (TPSA) is 49.1 Å². The van der Waals surface area contributed by atoms with Gasteiger partial charge < -0.3 is 4.55 Å². The molecule has 0 aliphatic rings. The standard InChI is InChI=1S/C4H2F9NOS/c5-1(6,3(9,10)11)2(7,8)4(12,13)16(14)15/h14H2. The zero-order chi connectivity index (χ0) is 13.6. The van der Waals surface area contributed by atoms with Gasteiger partial charge in [0.15, 0.2) is 0 Å². The van der Waals surface area contributed by atoms with Gasteiger partial charge in [-0.3, -0.25) is 0 Å². The molecule has 0 aliphatic carbocycles. The van der Waals surface area contributed by atoms with Gasteiger partial charge in [-0.2, -0.15) is 30.7 Å². The summed E-state index contributed by atoms with van der Waals surface area (Å²) in [5, 5.41) is -2.48. The lowest BCUT2D eigenvalue weighted by Gasteiger charge is -2.31. The Bertz CT molecular complexity index is 261. The van der Waals surface area contributed by atoms with Crippen molar-refractivity contribution in [2.24, 2.45) is 5.14 Å². The van der Waals surface area contributed by atoms with Crippen LogP contribution in [0.15, 0.2) is 0 Å². The van der Waals surface area contributed by atoms with Crippen molar-refractivity contribution in [2.75, 3.05) is 0 Å². The third kappa shape index (κ3) is 2.05. The average Bonchev–Trinajstić information content (AvgIpc) is 2.00. The molecule has 0 fully saturated rings. The van der Waals surface area contributed by atoms with Crippen LogP contribution in [0.4, 0.5) is 39.5 Å². The summed E-state index contributed by atoms with van der Waals surface area (Å²) in [4.78, 5) is 0. The second-order valence-corrected chi connectivity index (χ2v) is 3.57. The first-order chi connectivity index (χ1) is 6.69. The molecule has 0 saturated carbocycles. The Morgan fingerprint density at radius 2 is 1.06 bits per heavy atom. The molecule has 0 aromatic carbocycles. The minimum Gasteiger partial charge on any atom is -0.593 e. The number of nitrogens with two attached hydrogens (primary N) is 1. The zero-order valence-corrected chi connectivity index (χ0v) is 7.61. The van der Waals surface area contributed by atoms with Crippen molar-refractivity contribution in [2.45, 2.75) is 23.3 Å². The Morgan fingerprint density at radius 1 is 0.750 bits per heavy atom.